The molecule has 1 aromatic heterocycles. The summed E-state index contributed by atoms with van der Waals surface area (Å²) in [7, 11) is 0. The fourth-order valence-electron chi connectivity index (χ4n) is 2.25. The van der Waals surface area contributed by atoms with Gasteiger partial charge in [-0.3, -0.25) is 0 Å². The molecule has 1 atom stereocenters. The summed E-state index contributed by atoms with van der Waals surface area (Å²) >= 11 is 0. The minimum atomic E-state index is -0.375. The number of aromatic nitrogens is 1. The van der Waals surface area contributed by atoms with Crippen molar-refractivity contribution in [2.24, 2.45) is 0 Å². The Morgan fingerprint density at radius 2 is 1.55 bits per heavy atom. The second kappa shape index (κ2) is 5.98. The predicted octanol–water partition coefficient (Wildman–Crippen LogP) is 4.97. The van der Waals surface area contributed by atoms with Gasteiger partial charge in [0.15, 0.2) is 5.76 Å². The van der Waals surface area contributed by atoms with Crippen LogP contribution in [0.15, 0.2) is 65.1 Å². The zero-order chi connectivity index (χ0) is 15.5. The summed E-state index contributed by atoms with van der Waals surface area (Å²) in [6.45, 7) is 5.68. The summed E-state index contributed by atoms with van der Waals surface area (Å²) < 4.78 is 5.96. The minimum absolute atomic E-state index is 0.375. The normalized spacial score (nSPS) is 12.1. The van der Waals surface area contributed by atoms with Crippen LogP contribution in [0.3, 0.4) is 0 Å². The topological polar surface area (TPSA) is 49.9 Å². The lowest BCUT2D eigenvalue weighted by Crippen LogP contribution is -2.03. The number of oxazole rings is 1. The largest absolute Gasteiger partial charge is 0.439 e. The number of nitrogens with zero attached hydrogens (tertiary/aromatic N) is 1. The minimum Gasteiger partial charge on any atom is -0.439 e. The molecular formula is C19H17N2O. The first-order chi connectivity index (χ1) is 10.7. The molecule has 1 radical (unpaired) electrons. The van der Waals surface area contributed by atoms with Gasteiger partial charge in [0, 0.05) is 16.8 Å². The fraction of sp³-hybridized carbons (Fsp3) is 0.105. The Hall–Kier alpha value is -2.68. The molecular weight excluding hydrogens is 272 g/mol. The standard InChI is InChI=1S/C19H17N2O/c1-13(14(2)20)19-21-17(15-9-5-3-6-10-15)18(22-19)16-11-7-4-8-12-16/h3-13,20H,1H2,2H3/t13-/m0/s1. The van der Waals surface area contributed by atoms with E-state index in [9.17, 15) is 0 Å². The van der Waals surface area contributed by atoms with E-state index in [2.05, 4.69) is 11.9 Å². The molecule has 2 aromatic carbocycles. The molecule has 0 unspecified atom stereocenters. The van der Waals surface area contributed by atoms with E-state index in [1.165, 1.54) is 0 Å². The molecule has 3 heteroatoms. The van der Waals surface area contributed by atoms with Crippen LogP contribution in [-0.4, -0.2) is 10.7 Å². The van der Waals surface area contributed by atoms with Crippen LogP contribution in [0.4, 0.5) is 0 Å². The first kappa shape index (κ1) is 14.3. The van der Waals surface area contributed by atoms with E-state index in [0.717, 1.165) is 22.6 Å². The molecule has 109 valence electrons. The number of hydrogen-bond donors (Lipinski definition) is 1. The maximum atomic E-state index is 7.76. The van der Waals surface area contributed by atoms with E-state index in [4.69, 9.17) is 9.83 Å². The summed E-state index contributed by atoms with van der Waals surface area (Å²) in [6.07, 6.45) is 0. The van der Waals surface area contributed by atoms with Crippen molar-refractivity contribution >= 4 is 5.71 Å². The molecule has 0 aliphatic carbocycles. The van der Waals surface area contributed by atoms with Gasteiger partial charge in [-0.25, -0.2) is 4.98 Å². The van der Waals surface area contributed by atoms with Crippen molar-refractivity contribution in [3.05, 3.63) is 73.5 Å². The highest BCUT2D eigenvalue weighted by Gasteiger charge is 2.21. The Bertz CT molecular complexity index is 719. The first-order valence-electron chi connectivity index (χ1n) is 7.16. The van der Waals surface area contributed by atoms with Crippen LogP contribution < -0.4 is 0 Å². The van der Waals surface area contributed by atoms with Crippen LogP contribution in [0.25, 0.3) is 22.6 Å². The highest BCUT2D eigenvalue weighted by Crippen LogP contribution is 2.34. The van der Waals surface area contributed by atoms with Gasteiger partial charge < -0.3 is 9.83 Å². The predicted molar refractivity (Wildman–Crippen MR) is 88.9 cm³/mol. The quantitative estimate of drug-likeness (QED) is 0.690. The van der Waals surface area contributed by atoms with E-state index in [1.54, 1.807) is 6.92 Å². The van der Waals surface area contributed by atoms with Crippen molar-refractivity contribution in [1.29, 1.82) is 5.41 Å². The molecule has 0 spiro atoms. The zero-order valence-electron chi connectivity index (χ0n) is 12.4. The Balaban J connectivity index is 2.17. The first-order valence-corrected chi connectivity index (χ1v) is 7.16. The van der Waals surface area contributed by atoms with Crippen LogP contribution >= 0.6 is 0 Å². The molecule has 1 heterocycles. The molecule has 0 amide bonds. The van der Waals surface area contributed by atoms with Crippen molar-refractivity contribution in [3.63, 3.8) is 0 Å². The molecule has 0 aliphatic rings. The average molecular weight is 289 g/mol. The number of rotatable bonds is 4. The van der Waals surface area contributed by atoms with Gasteiger partial charge >= 0.3 is 0 Å². The van der Waals surface area contributed by atoms with E-state index < -0.39 is 0 Å². The van der Waals surface area contributed by atoms with Gasteiger partial charge in [0.05, 0.1) is 5.92 Å². The van der Waals surface area contributed by atoms with Gasteiger partial charge in [-0.1, -0.05) is 60.7 Å². The highest BCUT2D eigenvalue weighted by molar-refractivity contribution is 5.86. The van der Waals surface area contributed by atoms with Crippen LogP contribution in [-0.2, 0) is 0 Å². The molecule has 22 heavy (non-hydrogen) atoms. The van der Waals surface area contributed by atoms with Crippen molar-refractivity contribution in [2.45, 2.75) is 12.8 Å². The zero-order valence-corrected chi connectivity index (χ0v) is 12.4. The van der Waals surface area contributed by atoms with Crippen molar-refractivity contribution in [2.75, 3.05) is 0 Å². The molecule has 0 aliphatic heterocycles. The van der Waals surface area contributed by atoms with Crippen LogP contribution in [0.1, 0.15) is 18.7 Å². The Morgan fingerprint density at radius 3 is 2.09 bits per heavy atom. The molecule has 3 nitrogen and oxygen atoms in total. The fourth-order valence-corrected chi connectivity index (χ4v) is 2.25. The summed E-state index contributed by atoms with van der Waals surface area (Å²) in [5.74, 6) is 0.821. The van der Waals surface area contributed by atoms with Crippen molar-refractivity contribution in [1.82, 2.24) is 4.98 Å². The van der Waals surface area contributed by atoms with Crippen molar-refractivity contribution < 1.29 is 4.42 Å². The van der Waals surface area contributed by atoms with Gasteiger partial charge in [-0.2, -0.15) is 0 Å². The van der Waals surface area contributed by atoms with Crippen LogP contribution in [0, 0.1) is 12.3 Å². The number of nitrogens with one attached hydrogen (secondary N) is 1. The van der Waals surface area contributed by atoms with Crippen LogP contribution in [0.2, 0.25) is 0 Å². The molecule has 0 saturated carbocycles. The van der Waals surface area contributed by atoms with Crippen LogP contribution in [0.5, 0.6) is 0 Å². The second-order valence-electron chi connectivity index (χ2n) is 5.20. The maximum absolute atomic E-state index is 7.76. The SMILES string of the molecule is [CH2][C@@H](C(C)=N)c1nc(-c2ccccc2)c(-c2ccccc2)o1. The molecule has 3 rings (SSSR count). The number of hydrogen-bond acceptors (Lipinski definition) is 3. The smallest absolute Gasteiger partial charge is 0.204 e. The van der Waals surface area contributed by atoms with Gasteiger partial charge in [-0.05, 0) is 13.8 Å². The Labute approximate surface area is 130 Å². The molecule has 3 aromatic rings. The summed E-state index contributed by atoms with van der Waals surface area (Å²) in [5, 5.41) is 7.76. The lowest BCUT2D eigenvalue weighted by molar-refractivity contribution is 0.511. The lowest BCUT2D eigenvalue weighted by Gasteiger charge is -2.03. The van der Waals surface area contributed by atoms with E-state index in [0.29, 0.717) is 11.6 Å². The Morgan fingerprint density at radius 1 is 1.00 bits per heavy atom. The number of benzene rings is 2. The van der Waals surface area contributed by atoms with Gasteiger partial charge in [0.25, 0.3) is 0 Å². The van der Waals surface area contributed by atoms with E-state index in [-0.39, 0.29) is 5.92 Å². The van der Waals surface area contributed by atoms with E-state index in [1.807, 2.05) is 60.7 Å². The second-order valence-corrected chi connectivity index (χ2v) is 5.20. The highest BCUT2D eigenvalue weighted by atomic mass is 16.4. The van der Waals surface area contributed by atoms with E-state index >= 15 is 0 Å². The molecule has 1 N–H and O–H groups in total. The third-order valence-corrected chi connectivity index (χ3v) is 3.55. The maximum Gasteiger partial charge on any atom is 0.204 e. The summed E-state index contributed by atoms with van der Waals surface area (Å²) in [5.41, 5.74) is 3.18. The lowest BCUT2D eigenvalue weighted by atomic mass is 10.1. The third kappa shape index (κ3) is 2.70. The summed E-state index contributed by atoms with van der Waals surface area (Å²) in [4.78, 5) is 4.61. The van der Waals surface area contributed by atoms with Gasteiger partial charge in [0.1, 0.15) is 5.69 Å². The Kier molecular flexibility index (Phi) is 3.88. The van der Waals surface area contributed by atoms with Crippen molar-refractivity contribution in [3.8, 4) is 22.6 Å². The monoisotopic (exact) mass is 289 g/mol. The van der Waals surface area contributed by atoms with Gasteiger partial charge in [-0.15, -0.1) is 0 Å². The average Bonchev–Trinajstić information content (AvgIpc) is 3.01. The third-order valence-electron chi connectivity index (χ3n) is 3.55. The van der Waals surface area contributed by atoms with Gasteiger partial charge in [0.2, 0.25) is 5.89 Å². The molecule has 0 fully saturated rings. The molecule has 0 bridgehead atoms. The molecule has 0 saturated heterocycles. The summed E-state index contributed by atoms with van der Waals surface area (Å²) in [6, 6.07) is 19.8.